The zero-order valence-corrected chi connectivity index (χ0v) is 25.3. The second-order valence-electron chi connectivity index (χ2n) is 8.96. The fraction of sp³-hybridized carbons (Fsp3) is 0.429. The van der Waals surface area contributed by atoms with Crippen LogP contribution in [0.15, 0.2) is 70.6 Å². The standard InChI is InChI=1S/C28H40N8O4S2/c29-25(33-27(41)31-23-7-3-1-4-8-23)35-11-15-37-19-21-39-17-13-36(14-18-40-22-20-38-16-12-35)26(30)34-28(42)32-24-9-5-2-6-10-24/h1-10H,11-22H2,(H3,29,31,33,41)(H3,30,32,34,42). The zero-order valence-electron chi connectivity index (χ0n) is 23.7. The molecule has 0 saturated carbocycles. The van der Waals surface area contributed by atoms with Gasteiger partial charge in [-0.05, 0) is 48.7 Å². The monoisotopic (exact) mass is 616 g/mol. The van der Waals surface area contributed by atoms with Gasteiger partial charge in [-0.25, -0.2) is 0 Å². The van der Waals surface area contributed by atoms with Gasteiger partial charge in [0.05, 0.1) is 52.9 Å². The molecule has 6 N–H and O–H groups in total. The van der Waals surface area contributed by atoms with Crippen LogP contribution in [0.4, 0.5) is 11.4 Å². The van der Waals surface area contributed by atoms with E-state index in [-0.39, 0.29) is 22.1 Å². The number of hydrogen-bond donors (Lipinski definition) is 4. The van der Waals surface area contributed by atoms with Gasteiger partial charge in [0.25, 0.3) is 0 Å². The van der Waals surface area contributed by atoms with E-state index in [2.05, 4.69) is 20.6 Å². The molecule has 0 bridgehead atoms. The summed E-state index contributed by atoms with van der Waals surface area (Å²) in [6.07, 6.45) is 0. The Bertz CT molecular complexity index is 1030. The van der Waals surface area contributed by atoms with Gasteiger partial charge in [0, 0.05) is 37.6 Å². The third-order valence-electron chi connectivity index (χ3n) is 5.90. The van der Waals surface area contributed by atoms with E-state index in [4.69, 9.17) is 54.9 Å². The maximum atomic E-state index is 6.28. The van der Waals surface area contributed by atoms with Crippen LogP contribution in [0.1, 0.15) is 0 Å². The first-order valence-corrected chi connectivity index (χ1v) is 14.5. The van der Waals surface area contributed by atoms with Gasteiger partial charge in [-0.2, -0.15) is 9.98 Å². The van der Waals surface area contributed by atoms with Crippen molar-refractivity contribution < 1.29 is 18.9 Å². The van der Waals surface area contributed by atoms with E-state index in [1.807, 2.05) is 70.5 Å². The van der Waals surface area contributed by atoms with E-state index in [1.165, 1.54) is 0 Å². The van der Waals surface area contributed by atoms with Crippen LogP contribution in [0.5, 0.6) is 0 Å². The zero-order chi connectivity index (χ0) is 29.8. The number of ether oxygens (including phenoxy) is 4. The maximum Gasteiger partial charge on any atom is 0.200 e. The average molecular weight is 617 g/mol. The molecule has 0 unspecified atom stereocenters. The minimum Gasteiger partial charge on any atom is -0.377 e. The summed E-state index contributed by atoms with van der Waals surface area (Å²) >= 11 is 10.7. The molecule has 0 spiro atoms. The summed E-state index contributed by atoms with van der Waals surface area (Å²) in [5, 5.41) is 6.67. The lowest BCUT2D eigenvalue weighted by atomic mass is 10.3. The van der Waals surface area contributed by atoms with Crippen molar-refractivity contribution in [3.8, 4) is 0 Å². The molecule has 12 nitrogen and oxygen atoms in total. The van der Waals surface area contributed by atoms with Gasteiger partial charge in [0.1, 0.15) is 0 Å². The number of rotatable bonds is 2. The summed E-state index contributed by atoms with van der Waals surface area (Å²) in [5.41, 5.74) is 14.2. The summed E-state index contributed by atoms with van der Waals surface area (Å²) in [7, 11) is 0. The van der Waals surface area contributed by atoms with Crippen molar-refractivity contribution in [3.05, 3.63) is 60.7 Å². The van der Waals surface area contributed by atoms with E-state index < -0.39 is 0 Å². The van der Waals surface area contributed by atoms with Crippen molar-refractivity contribution in [2.24, 2.45) is 21.5 Å². The fourth-order valence-electron chi connectivity index (χ4n) is 3.72. The maximum absolute atomic E-state index is 6.28. The summed E-state index contributed by atoms with van der Waals surface area (Å²) in [6.45, 7) is 5.47. The minimum absolute atomic E-state index is 0.274. The van der Waals surface area contributed by atoms with Gasteiger partial charge in [0.15, 0.2) is 11.9 Å². The van der Waals surface area contributed by atoms with E-state index in [9.17, 15) is 0 Å². The molecule has 0 amide bonds. The molecular weight excluding hydrogens is 576 g/mol. The molecule has 1 heterocycles. The smallest absolute Gasteiger partial charge is 0.200 e. The molecule has 42 heavy (non-hydrogen) atoms. The molecule has 2 aromatic rings. The number of guanidine groups is 2. The molecular formula is C28H40N8O4S2. The number of nitrogens with zero attached hydrogens (tertiary/aromatic N) is 4. The van der Waals surface area contributed by atoms with Crippen LogP contribution >= 0.6 is 24.4 Å². The average Bonchev–Trinajstić information content (AvgIpc) is 2.97. The Hall–Kier alpha value is -3.40. The topological polar surface area (TPSA) is 144 Å². The van der Waals surface area contributed by atoms with Gasteiger partial charge in [-0.15, -0.1) is 0 Å². The predicted molar refractivity (Wildman–Crippen MR) is 175 cm³/mol. The summed E-state index contributed by atoms with van der Waals surface area (Å²) < 4.78 is 23.1. The number of nitrogens with one attached hydrogen (secondary N) is 2. The van der Waals surface area contributed by atoms with Crippen molar-refractivity contribution in [2.75, 3.05) is 89.7 Å². The third-order valence-corrected chi connectivity index (χ3v) is 6.28. The highest BCUT2D eigenvalue weighted by Gasteiger charge is 2.12. The van der Waals surface area contributed by atoms with Crippen molar-refractivity contribution in [2.45, 2.75) is 0 Å². The minimum atomic E-state index is 0.274. The highest BCUT2D eigenvalue weighted by molar-refractivity contribution is 7.80. The SMILES string of the molecule is N/C(=N\C(=S)Nc1ccccc1)N1CCOCCOCCN(/C(N)=N/C(=S)Nc2ccccc2)CCOCCOCC1. The quantitative estimate of drug-likeness (QED) is 0.223. The molecule has 0 atom stereocenters. The predicted octanol–water partition coefficient (Wildman–Crippen LogP) is 2.09. The van der Waals surface area contributed by atoms with Gasteiger partial charge < -0.3 is 50.8 Å². The van der Waals surface area contributed by atoms with Crippen molar-refractivity contribution >= 4 is 58.0 Å². The lowest BCUT2D eigenvalue weighted by Gasteiger charge is -2.25. The lowest BCUT2D eigenvalue weighted by molar-refractivity contribution is 0.0214. The first kappa shape index (κ1) is 33.1. The van der Waals surface area contributed by atoms with Crippen LogP contribution < -0.4 is 22.1 Å². The van der Waals surface area contributed by atoms with Crippen LogP contribution in [0.3, 0.4) is 0 Å². The number of aliphatic imine (C=N–C) groups is 2. The number of hydrogen-bond acceptors (Lipinski definition) is 6. The molecule has 0 radical (unpaired) electrons. The highest BCUT2D eigenvalue weighted by Crippen LogP contribution is 2.07. The normalized spacial score (nSPS) is 17.5. The number of para-hydroxylation sites is 2. The van der Waals surface area contributed by atoms with Gasteiger partial charge >= 0.3 is 0 Å². The third kappa shape index (κ3) is 13.5. The molecule has 3 rings (SSSR count). The Kier molecular flexibility index (Phi) is 15.5. The number of benzene rings is 2. The number of thiocarbonyl (C=S) groups is 2. The first-order chi connectivity index (χ1) is 20.5. The summed E-state index contributed by atoms with van der Waals surface area (Å²) in [6, 6.07) is 19.1. The molecule has 0 aromatic heterocycles. The van der Waals surface area contributed by atoms with Crippen LogP contribution in [-0.2, 0) is 18.9 Å². The molecule has 228 valence electrons. The Balaban J connectivity index is 1.48. The first-order valence-electron chi connectivity index (χ1n) is 13.7. The largest absolute Gasteiger partial charge is 0.377 e. The second kappa shape index (κ2) is 19.7. The lowest BCUT2D eigenvalue weighted by Crippen LogP contribution is -2.43. The van der Waals surface area contributed by atoms with Gasteiger partial charge in [-0.1, -0.05) is 36.4 Å². The van der Waals surface area contributed by atoms with Crippen LogP contribution in [0.25, 0.3) is 0 Å². The van der Waals surface area contributed by atoms with Crippen LogP contribution in [0, 0.1) is 0 Å². The molecule has 2 aromatic carbocycles. The molecule has 1 aliphatic heterocycles. The summed E-state index contributed by atoms with van der Waals surface area (Å²) in [5.74, 6) is 0.575. The number of anilines is 2. The second-order valence-corrected chi connectivity index (χ2v) is 9.73. The van der Waals surface area contributed by atoms with Crippen molar-refractivity contribution in [1.82, 2.24) is 9.80 Å². The van der Waals surface area contributed by atoms with Crippen LogP contribution in [0.2, 0.25) is 0 Å². The Morgan fingerprint density at radius 2 is 0.857 bits per heavy atom. The van der Waals surface area contributed by atoms with Gasteiger partial charge in [0.2, 0.25) is 10.2 Å². The Morgan fingerprint density at radius 3 is 1.17 bits per heavy atom. The van der Waals surface area contributed by atoms with E-state index in [1.54, 1.807) is 0 Å². The molecule has 14 heteroatoms. The van der Waals surface area contributed by atoms with Gasteiger partial charge in [-0.3, -0.25) is 0 Å². The Morgan fingerprint density at radius 1 is 0.548 bits per heavy atom. The van der Waals surface area contributed by atoms with Crippen molar-refractivity contribution in [3.63, 3.8) is 0 Å². The van der Waals surface area contributed by atoms with Crippen LogP contribution in [-0.4, -0.2) is 111 Å². The molecule has 0 aliphatic carbocycles. The molecule has 1 fully saturated rings. The van der Waals surface area contributed by atoms with Crippen molar-refractivity contribution in [1.29, 1.82) is 0 Å². The van der Waals surface area contributed by atoms with E-state index in [0.717, 1.165) is 11.4 Å². The highest BCUT2D eigenvalue weighted by atomic mass is 32.1. The van der Waals surface area contributed by atoms with E-state index in [0.29, 0.717) is 79.0 Å². The van der Waals surface area contributed by atoms with E-state index >= 15 is 0 Å². The molecule has 1 aliphatic rings. The summed E-state index contributed by atoms with van der Waals surface area (Å²) in [4.78, 5) is 12.5. The number of nitrogens with two attached hydrogens (primary N) is 2. The fourth-order valence-corrected chi connectivity index (χ4v) is 4.14. The Labute approximate surface area is 258 Å². The molecule has 1 saturated heterocycles.